The lowest BCUT2D eigenvalue weighted by Gasteiger charge is -2.29. The molecule has 2 aliphatic heterocycles. The van der Waals surface area contributed by atoms with Crippen molar-refractivity contribution in [3.63, 3.8) is 0 Å². The highest BCUT2D eigenvalue weighted by Gasteiger charge is 2.21. The first kappa shape index (κ1) is 22.4. The number of aromatic carboxylic acids is 1. The van der Waals surface area contributed by atoms with E-state index >= 15 is 0 Å². The average Bonchev–Trinajstić information content (AvgIpc) is 2.82. The van der Waals surface area contributed by atoms with E-state index in [1.165, 1.54) is 12.1 Å². The first-order chi connectivity index (χ1) is 15.5. The van der Waals surface area contributed by atoms with Crippen molar-refractivity contribution in [1.29, 1.82) is 0 Å². The molecule has 2 aromatic carbocycles. The van der Waals surface area contributed by atoms with Gasteiger partial charge < -0.3 is 19.7 Å². The van der Waals surface area contributed by atoms with Crippen molar-refractivity contribution in [2.45, 2.75) is 13.1 Å². The van der Waals surface area contributed by atoms with Gasteiger partial charge in [-0.05, 0) is 24.3 Å². The summed E-state index contributed by atoms with van der Waals surface area (Å²) in [6.07, 6.45) is 0. The second kappa shape index (κ2) is 10.2. The van der Waals surface area contributed by atoms with E-state index in [4.69, 9.17) is 9.47 Å². The van der Waals surface area contributed by atoms with E-state index in [0.29, 0.717) is 61.8 Å². The minimum atomic E-state index is -1.08. The van der Waals surface area contributed by atoms with Crippen molar-refractivity contribution >= 4 is 11.8 Å². The number of carboxylic acids is 1. The molecule has 0 atom stereocenters. The van der Waals surface area contributed by atoms with Crippen molar-refractivity contribution < 1.29 is 29.3 Å². The number of rotatable bonds is 7. The predicted molar refractivity (Wildman–Crippen MR) is 117 cm³/mol. The topological polar surface area (TPSA) is 99.5 Å². The van der Waals surface area contributed by atoms with Gasteiger partial charge in [0.2, 0.25) is 0 Å². The van der Waals surface area contributed by atoms with Crippen LogP contribution in [0.1, 0.15) is 37.4 Å². The van der Waals surface area contributed by atoms with Crippen LogP contribution in [-0.2, 0) is 22.6 Å². The Balaban J connectivity index is 1.67. The third-order valence-corrected chi connectivity index (χ3v) is 5.90. The molecule has 0 aliphatic carbocycles. The number of hydrogen-bond acceptors (Lipinski definition) is 7. The number of hydrogen-bond donors (Lipinski definition) is 2. The number of benzene rings is 2. The molecule has 2 fully saturated rings. The molecule has 170 valence electrons. The predicted octanol–water partition coefficient (Wildman–Crippen LogP) is 1.99. The van der Waals surface area contributed by atoms with Crippen LogP contribution in [0.5, 0.6) is 5.75 Å². The van der Waals surface area contributed by atoms with E-state index < -0.39 is 5.97 Å². The Labute approximate surface area is 187 Å². The summed E-state index contributed by atoms with van der Waals surface area (Å²) in [5, 5.41) is 20.3. The number of carbonyl (C=O) groups is 2. The van der Waals surface area contributed by atoms with Crippen LogP contribution in [0.4, 0.5) is 0 Å². The highest BCUT2D eigenvalue weighted by Crippen LogP contribution is 2.29. The molecule has 0 saturated carbocycles. The third kappa shape index (κ3) is 5.34. The molecule has 2 aliphatic rings. The molecule has 0 spiro atoms. The number of phenolic OH excluding ortho intramolecular Hbond substituents is 1. The van der Waals surface area contributed by atoms with Gasteiger partial charge >= 0.3 is 5.97 Å². The Morgan fingerprint density at radius 1 is 0.781 bits per heavy atom. The maximum Gasteiger partial charge on any atom is 0.335 e. The van der Waals surface area contributed by atoms with Crippen LogP contribution in [0.2, 0.25) is 0 Å². The fraction of sp³-hybridized carbons (Fsp3) is 0.417. The lowest BCUT2D eigenvalue weighted by atomic mass is 9.96. The van der Waals surface area contributed by atoms with E-state index in [9.17, 15) is 19.8 Å². The monoisotopic (exact) mass is 440 g/mol. The van der Waals surface area contributed by atoms with Crippen LogP contribution in [0.15, 0.2) is 36.4 Å². The minimum absolute atomic E-state index is 0.0664. The van der Waals surface area contributed by atoms with Crippen LogP contribution >= 0.6 is 0 Å². The Morgan fingerprint density at radius 2 is 1.28 bits per heavy atom. The van der Waals surface area contributed by atoms with Gasteiger partial charge in [-0.25, -0.2) is 4.79 Å². The Bertz CT molecular complexity index is 939. The van der Waals surface area contributed by atoms with Crippen molar-refractivity contribution in [3.8, 4) is 5.75 Å². The largest absolute Gasteiger partial charge is 0.507 e. The summed E-state index contributed by atoms with van der Waals surface area (Å²) in [5.41, 5.74) is 2.20. The summed E-state index contributed by atoms with van der Waals surface area (Å²) in [7, 11) is 0. The first-order valence-electron chi connectivity index (χ1n) is 10.8. The van der Waals surface area contributed by atoms with Crippen molar-refractivity contribution in [1.82, 2.24) is 9.80 Å². The molecule has 2 aromatic rings. The van der Waals surface area contributed by atoms with E-state index in [0.717, 1.165) is 26.2 Å². The number of nitrogens with zero attached hydrogens (tertiary/aromatic N) is 2. The van der Waals surface area contributed by atoms with Gasteiger partial charge in [-0.1, -0.05) is 12.1 Å². The van der Waals surface area contributed by atoms with Crippen molar-refractivity contribution in [2.24, 2.45) is 0 Å². The zero-order chi connectivity index (χ0) is 22.5. The number of aromatic hydroxyl groups is 1. The number of ketones is 1. The maximum atomic E-state index is 13.3. The molecule has 2 heterocycles. The van der Waals surface area contributed by atoms with Crippen molar-refractivity contribution in [2.75, 3.05) is 52.6 Å². The molecule has 0 aromatic heterocycles. The normalized spacial score (nSPS) is 17.9. The molecule has 0 amide bonds. The van der Waals surface area contributed by atoms with Gasteiger partial charge in [0.05, 0.1) is 32.0 Å². The Kier molecular flexibility index (Phi) is 7.16. The summed E-state index contributed by atoms with van der Waals surface area (Å²) < 4.78 is 10.8. The number of morpholine rings is 2. The molecule has 8 nitrogen and oxygen atoms in total. The van der Waals surface area contributed by atoms with Gasteiger partial charge in [0.25, 0.3) is 0 Å². The second-order valence-electron chi connectivity index (χ2n) is 8.14. The lowest BCUT2D eigenvalue weighted by molar-refractivity contribution is 0.0327. The third-order valence-electron chi connectivity index (χ3n) is 5.90. The molecule has 2 N–H and O–H groups in total. The van der Waals surface area contributed by atoms with Crippen LogP contribution < -0.4 is 0 Å². The summed E-state index contributed by atoms with van der Waals surface area (Å²) in [6, 6.07) is 9.49. The highest BCUT2D eigenvalue weighted by molar-refractivity contribution is 6.10. The number of carbonyl (C=O) groups excluding carboxylic acids is 1. The van der Waals surface area contributed by atoms with Crippen LogP contribution in [0, 0.1) is 0 Å². The van der Waals surface area contributed by atoms with Gasteiger partial charge in [-0.3, -0.25) is 14.6 Å². The second-order valence-corrected chi connectivity index (χ2v) is 8.14. The summed E-state index contributed by atoms with van der Waals surface area (Å²) >= 11 is 0. The highest BCUT2D eigenvalue weighted by atomic mass is 16.5. The van der Waals surface area contributed by atoms with E-state index in [1.807, 2.05) is 0 Å². The van der Waals surface area contributed by atoms with Gasteiger partial charge in [0.15, 0.2) is 5.78 Å². The Morgan fingerprint density at radius 3 is 1.78 bits per heavy atom. The fourth-order valence-electron chi connectivity index (χ4n) is 4.09. The quantitative estimate of drug-likeness (QED) is 0.631. The molecule has 4 rings (SSSR count). The number of phenols is 1. The standard InChI is InChI=1S/C24H28N2O6/c27-22(17-2-1-3-18(12-17)24(29)30)19-13-20(15-25-4-8-31-9-5-25)23(28)21(14-19)16-26-6-10-32-11-7-26/h1-3,12-14,28H,4-11,15-16H2,(H,29,30). The molecular formula is C24H28N2O6. The molecule has 2 saturated heterocycles. The summed E-state index contributed by atoms with van der Waals surface area (Å²) in [4.78, 5) is 29.0. The summed E-state index contributed by atoms with van der Waals surface area (Å²) in [6.45, 7) is 6.64. The average molecular weight is 440 g/mol. The maximum absolute atomic E-state index is 13.3. The number of ether oxygens (including phenoxy) is 2. The SMILES string of the molecule is O=C(O)c1cccc(C(=O)c2cc(CN3CCOCC3)c(O)c(CN3CCOCC3)c2)c1. The molecule has 0 radical (unpaired) electrons. The molecule has 32 heavy (non-hydrogen) atoms. The molecule has 0 bridgehead atoms. The molecule has 0 unspecified atom stereocenters. The molecule has 8 heteroatoms. The smallest absolute Gasteiger partial charge is 0.335 e. The van der Waals surface area contributed by atoms with E-state index in [2.05, 4.69) is 9.80 Å². The van der Waals surface area contributed by atoms with Crippen LogP contribution in [0.3, 0.4) is 0 Å². The van der Waals surface area contributed by atoms with Crippen LogP contribution in [-0.4, -0.2) is 84.4 Å². The van der Waals surface area contributed by atoms with Gasteiger partial charge in [0, 0.05) is 61.5 Å². The van der Waals surface area contributed by atoms with E-state index in [1.54, 1.807) is 24.3 Å². The minimum Gasteiger partial charge on any atom is -0.507 e. The van der Waals surface area contributed by atoms with Gasteiger partial charge in [-0.2, -0.15) is 0 Å². The molecular weight excluding hydrogens is 412 g/mol. The zero-order valence-electron chi connectivity index (χ0n) is 18.0. The fourth-order valence-corrected chi connectivity index (χ4v) is 4.09. The Hall–Kier alpha value is -2.78. The van der Waals surface area contributed by atoms with Gasteiger partial charge in [0.1, 0.15) is 5.75 Å². The zero-order valence-corrected chi connectivity index (χ0v) is 18.0. The lowest BCUT2D eigenvalue weighted by Crippen LogP contribution is -2.36. The first-order valence-corrected chi connectivity index (χ1v) is 10.8. The summed E-state index contributed by atoms with van der Waals surface area (Å²) in [5.74, 6) is -1.13. The van der Waals surface area contributed by atoms with Gasteiger partial charge in [-0.15, -0.1) is 0 Å². The van der Waals surface area contributed by atoms with Crippen LogP contribution in [0.25, 0.3) is 0 Å². The van der Waals surface area contributed by atoms with Crippen molar-refractivity contribution in [3.05, 3.63) is 64.2 Å². The number of carboxylic acid groups (broad SMARTS) is 1. The van der Waals surface area contributed by atoms with E-state index in [-0.39, 0.29) is 17.1 Å².